The lowest BCUT2D eigenvalue weighted by Gasteiger charge is -2.21. The van der Waals surface area contributed by atoms with Gasteiger partial charge in [-0.15, -0.1) is 0 Å². The molecule has 0 aliphatic carbocycles. The molecule has 1 atom stereocenters. The van der Waals surface area contributed by atoms with E-state index in [1.54, 1.807) is 30.2 Å². The molecule has 142 valence electrons. The molecule has 0 aromatic heterocycles. The van der Waals surface area contributed by atoms with Gasteiger partial charge in [0.1, 0.15) is 0 Å². The maximum absolute atomic E-state index is 12.5. The lowest BCUT2D eigenvalue weighted by molar-refractivity contribution is -0.137. The Hall–Kier alpha value is -1.83. The number of nitrogens with one attached hydrogen (secondary N) is 1. The number of likely N-dealkylation sites (tertiary alicyclic amines) is 1. The minimum atomic E-state index is -0.457. The van der Waals surface area contributed by atoms with E-state index in [1.807, 2.05) is 0 Å². The molecule has 1 saturated heterocycles. The molecule has 26 heavy (non-hydrogen) atoms. The topological polar surface area (TPSA) is 79.0 Å². The molecule has 1 aromatic rings. The fourth-order valence-corrected chi connectivity index (χ4v) is 3.25. The molecular weight excluding hydrogens is 381 g/mol. The van der Waals surface area contributed by atoms with E-state index in [0.717, 1.165) is 0 Å². The van der Waals surface area contributed by atoms with Crippen LogP contribution in [-0.4, -0.2) is 67.9 Å². The number of nitrogens with zero attached hydrogens (tertiary/aromatic N) is 2. The largest absolute Gasteiger partial charge is 0.383 e. The molecule has 0 saturated carbocycles. The second-order valence-corrected chi connectivity index (χ2v) is 6.89. The van der Waals surface area contributed by atoms with Crippen molar-refractivity contribution in [3.8, 4) is 0 Å². The summed E-state index contributed by atoms with van der Waals surface area (Å²) in [6.07, 6.45) is 0.144. The van der Waals surface area contributed by atoms with Crippen molar-refractivity contribution in [3.05, 3.63) is 28.2 Å². The SMILES string of the molecule is COCCN1C[C@@H](C(=O)N(C)CC(=O)Nc2c(Cl)cccc2Cl)CC1=O. The van der Waals surface area contributed by atoms with E-state index in [0.29, 0.717) is 35.4 Å². The van der Waals surface area contributed by atoms with Gasteiger partial charge in [0, 0.05) is 33.7 Å². The summed E-state index contributed by atoms with van der Waals surface area (Å²) in [6.45, 7) is 1.05. The Balaban J connectivity index is 1.91. The maximum Gasteiger partial charge on any atom is 0.244 e. The summed E-state index contributed by atoms with van der Waals surface area (Å²) in [4.78, 5) is 39.6. The third-order valence-electron chi connectivity index (χ3n) is 4.11. The Morgan fingerprint density at radius 1 is 1.35 bits per heavy atom. The average Bonchev–Trinajstić information content (AvgIpc) is 2.96. The Kier molecular flexibility index (Phi) is 7.25. The Bertz CT molecular complexity index is 678. The summed E-state index contributed by atoms with van der Waals surface area (Å²) in [7, 11) is 3.08. The lowest BCUT2D eigenvalue weighted by atomic mass is 10.1. The fourth-order valence-electron chi connectivity index (χ4n) is 2.76. The van der Waals surface area contributed by atoms with E-state index in [9.17, 15) is 14.4 Å². The fraction of sp³-hybridized carbons (Fsp3) is 0.471. The third-order valence-corrected chi connectivity index (χ3v) is 4.74. The summed E-state index contributed by atoms with van der Waals surface area (Å²) in [5.41, 5.74) is 0.309. The van der Waals surface area contributed by atoms with Crippen LogP contribution in [0.15, 0.2) is 18.2 Å². The van der Waals surface area contributed by atoms with Gasteiger partial charge < -0.3 is 19.9 Å². The van der Waals surface area contributed by atoms with E-state index in [1.165, 1.54) is 11.9 Å². The number of methoxy groups -OCH3 is 1. The highest BCUT2D eigenvalue weighted by molar-refractivity contribution is 6.39. The molecule has 1 heterocycles. The van der Waals surface area contributed by atoms with Gasteiger partial charge in [-0.3, -0.25) is 14.4 Å². The number of hydrogen-bond acceptors (Lipinski definition) is 4. The number of carbonyl (C=O) groups is 3. The molecule has 0 bridgehead atoms. The van der Waals surface area contributed by atoms with Gasteiger partial charge in [-0.05, 0) is 12.1 Å². The Morgan fingerprint density at radius 2 is 2.00 bits per heavy atom. The highest BCUT2D eigenvalue weighted by Crippen LogP contribution is 2.29. The van der Waals surface area contributed by atoms with Crippen LogP contribution in [0.4, 0.5) is 5.69 Å². The molecule has 1 fully saturated rings. The van der Waals surface area contributed by atoms with Crippen LogP contribution in [0.5, 0.6) is 0 Å². The minimum absolute atomic E-state index is 0.0823. The smallest absolute Gasteiger partial charge is 0.244 e. The Labute approximate surface area is 162 Å². The van der Waals surface area contributed by atoms with Crippen molar-refractivity contribution in [2.24, 2.45) is 5.92 Å². The van der Waals surface area contributed by atoms with Crippen LogP contribution in [0.25, 0.3) is 0 Å². The van der Waals surface area contributed by atoms with Crippen molar-refractivity contribution in [1.29, 1.82) is 0 Å². The van der Waals surface area contributed by atoms with Crippen LogP contribution in [0.3, 0.4) is 0 Å². The Morgan fingerprint density at radius 3 is 2.62 bits per heavy atom. The number of halogens is 2. The summed E-state index contributed by atoms with van der Waals surface area (Å²) in [5, 5.41) is 3.24. The van der Waals surface area contributed by atoms with Gasteiger partial charge in [-0.2, -0.15) is 0 Å². The summed E-state index contributed by atoms with van der Waals surface area (Å²) in [5.74, 6) is -1.21. The maximum atomic E-state index is 12.5. The second kappa shape index (κ2) is 9.21. The molecule has 1 aliphatic heterocycles. The van der Waals surface area contributed by atoms with Crippen LogP contribution in [-0.2, 0) is 19.1 Å². The van der Waals surface area contributed by atoms with E-state index in [2.05, 4.69) is 5.32 Å². The molecule has 9 heteroatoms. The van der Waals surface area contributed by atoms with E-state index >= 15 is 0 Å². The van der Waals surface area contributed by atoms with Crippen LogP contribution in [0.2, 0.25) is 10.0 Å². The number of carbonyl (C=O) groups excluding carboxylic acids is 3. The first-order valence-electron chi connectivity index (χ1n) is 8.09. The number of rotatable bonds is 7. The van der Waals surface area contributed by atoms with Crippen molar-refractivity contribution in [3.63, 3.8) is 0 Å². The van der Waals surface area contributed by atoms with Gasteiger partial charge in [0.05, 0.1) is 34.8 Å². The zero-order valence-electron chi connectivity index (χ0n) is 14.6. The standard InChI is InChI=1S/C17H21Cl2N3O4/c1-21(10-14(23)20-16-12(18)4-3-5-13(16)19)17(25)11-8-15(24)22(9-11)6-7-26-2/h3-5,11H,6-10H2,1-2H3,(H,20,23)/t11-/m0/s1. The zero-order chi connectivity index (χ0) is 19.3. The van der Waals surface area contributed by atoms with Gasteiger partial charge in [-0.1, -0.05) is 29.3 Å². The van der Waals surface area contributed by atoms with Crippen molar-refractivity contribution < 1.29 is 19.1 Å². The van der Waals surface area contributed by atoms with Crippen molar-refractivity contribution in [2.45, 2.75) is 6.42 Å². The second-order valence-electron chi connectivity index (χ2n) is 6.07. The van der Waals surface area contributed by atoms with Gasteiger partial charge in [0.25, 0.3) is 0 Å². The predicted molar refractivity (Wildman–Crippen MR) is 99.3 cm³/mol. The van der Waals surface area contributed by atoms with E-state index in [4.69, 9.17) is 27.9 Å². The van der Waals surface area contributed by atoms with Crippen LogP contribution >= 0.6 is 23.2 Å². The first kappa shape index (κ1) is 20.5. The van der Waals surface area contributed by atoms with Crippen molar-refractivity contribution in [1.82, 2.24) is 9.80 Å². The first-order valence-corrected chi connectivity index (χ1v) is 8.84. The number of ether oxygens (including phenoxy) is 1. The summed E-state index contributed by atoms with van der Waals surface area (Å²) < 4.78 is 4.96. The summed E-state index contributed by atoms with van der Waals surface area (Å²) in [6, 6.07) is 4.88. The first-order chi connectivity index (χ1) is 12.3. The normalized spacial score (nSPS) is 16.7. The molecular formula is C17H21Cl2N3O4. The quantitative estimate of drug-likeness (QED) is 0.756. The average molecular weight is 402 g/mol. The number of likely N-dealkylation sites (N-methyl/N-ethyl adjacent to an activating group) is 1. The van der Waals surface area contributed by atoms with Gasteiger partial charge in [0.15, 0.2) is 0 Å². The molecule has 2 rings (SSSR count). The van der Waals surface area contributed by atoms with E-state index in [-0.39, 0.29) is 24.8 Å². The van der Waals surface area contributed by atoms with E-state index < -0.39 is 11.8 Å². The van der Waals surface area contributed by atoms with Crippen molar-refractivity contribution in [2.75, 3.05) is 45.7 Å². The number of anilines is 1. The third kappa shape index (κ3) is 5.09. The number of amides is 3. The molecule has 0 radical (unpaired) electrons. The minimum Gasteiger partial charge on any atom is -0.383 e. The van der Waals surface area contributed by atoms with Crippen LogP contribution in [0, 0.1) is 5.92 Å². The lowest BCUT2D eigenvalue weighted by Crippen LogP contribution is -2.39. The highest BCUT2D eigenvalue weighted by Gasteiger charge is 2.35. The van der Waals surface area contributed by atoms with Gasteiger partial charge in [0.2, 0.25) is 17.7 Å². The molecule has 1 aliphatic rings. The van der Waals surface area contributed by atoms with Crippen LogP contribution in [0.1, 0.15) is 6.42 Å². The van der Waals surface area contributed by atoms with Gasteiger partial charge in [-0.25, -0.2) is 0 Å². The van der Waals surface area contributed by atoms with Crippen molar-refractivity contribution >= 4 is 46.6 Å². The number of benzene rings is 1. The predicted octanol–water partition coefficient (Wildman–Crippen LogP) is 1.89. The number of hydrogen-bond donors (Lipinski definition) is 1. The molecule has 3 amide bonds. The molecule has 1 N–H and O–H groups in total. The molecule has 0 unspecified atom stereocenters. The highest BCUT2D eigenvalue weighted by atomic mass is 35.5. The summed E-state index contributed by atoms with van der Waals surface area (Å²) >= 11 is 12.0. The molecule has 1 aromatic carbocycles. The molecule has 7 nitrogen and oxygen atoms in total. The zero-order valence-corrected chi connectivity index (χ0v) is 16.1. The molecule has 0 spiro atoms. The number of para-hydroxylation sites is 1. The monoisotopic (exact) mass is 401 g/mol. The van der Waals surface area contributed by atoms with Crippen LogP contribution < -0.4 is 5.32 Å². The van der Waals surface area contributed by atoms with Gasteiger partial charge >= 0.3 is 0 Å².